The van der Waals surface area contributed by atoms with Gasteiger partial charge in [-0.2, -0.15) is 0 Å². The normalized spacial score (nSPS) is 11.8. The van der Waals surface area contributed by atoms with Crippen LogP contribution in [0.2, 0.25) is 0 Å². The van der Waals surface area contributed by atoms with Crippen LogP contribution in [0.25, 0.3) is 0 Å². The summed E-state index contributed by atoms with van der Waals surface area (Å²) in [6, 6.07) is 6.80. The predicted molar refractivity (Wildman–Crippen MR) is 69.3 cm³/mol. The number of hydrogen-bond donors (Lipinski definition) is 1. The third kappa shape index (κ3) is 5.06. The second-order valence-electron chi connectivity index (χ2n) is 3.96. The zero-order valence-electron chi connectivity index (χ0n) is 10.2. The number of hydrogen-bond acceptors (Lipinski definition) is 3. The van der Waals surface area contributed by atoms with Gasteiger partial charge in [0.2, 0.25) is 0 Å². The molecule has 0 saturated carbocycles. The van der Waals surface area contributed by atoms with Gasteiger partial charge in [0.15, 0.2) is 0 Å². The molecule has 0 fully saturated rings. The van der Waals surface area contributed by atoms with Crippen LogP contribution >= 0.6 is 12.4 Å². The molecule has 0 aliphatic heterocycles. The molecule has 0 aliphatic rings. The third-order valence-corrected chi connectivity index (χ3v) is 2.45. The number of benzene rings is 1. The molecule has 1 unspecified atom stereocenters. The van der Waals surface area contributed by atoms with Crippen LogP contribution in [0, 0.1) is 0 Å². The van der Waals surface area contributed by atoms with Crippen LogP contribution in [0.3, 0.4) is 0 Å². The average molecular weight is 260 g/mol. The Morgan fingerprint density at radius 2 is 2.12 bits per heavy atom. The van der Waals surface area contributed by atoms with Gasteiger partial charge in [-0.05, 0) is 39.2 Å². The van der Waals surface area contributed by atoms with Crippen molar-refractivity contribution in [1.29, 1.82) is 0 Å². The van der Waals surface area contributed by atoms with E-state index in [1.807, 2.05) is 25.9 Å². The highest BCUT2D eigenvalue weighted by Crippen LogP contribution is 2.13. The molecule has 5 heteroatoms. The highest BCUT2D eigenvalue weighted by molar-refractivity contribution is 5.88. The molecular formula is C12H18ClNO3. The fraction of sp³-hybridized carbons (Fsp3) is 0.417. The van der Waals surface area contributed by atoms with Crippen LogP contribution in [0.15, 0.2) is 24.3 Å². The van der Waals surface area contributed by atoms with Crippen molar-refractivity contribution in [3.05, 3.63) is 29.8 Å². The van der Waals surface area contributed by atoms with Crippen LogP contribution < -0.4 is 4.74 Å². The minimum Gasteiger partial charge on any atom is -0.492 e. The lowest BCUT2D eigenvalue weighted by Gasteiger charge is -2.19. The quantitative estimate of drug-likeness (QED) is 0.880. The van der Waals surface area contributed by atoms with E-state index in [2.05, 4.69) is 0 Å². The minimum absolute atomic E-state index is 0. The smallest absolute Gasteiger partial charge is 0.335 e. The molecule has 0 radical (unpaired) electrons. The summed E-state index contributed by atoms with van der Waals surface area (Å²) in [5.74, 6) is -0.347. The van der Waals surface area contributed by atoms with E-state index in [9.17, 15) is 4.79 Å². The first-order valence-corrected chi connectivity index (χ1v) is 5.13. The molecule has 1 aromatic rings. The summed E-state index contributed by atoms with van der Waals surface area (Å²) >= 11 is 0. The first-order chi connectivity index (χ1) is 7.50. The average Bonchev–Trinajstić information content (AvgIpc) is 2.26. The third-order valence-electron chi connectivity index (χ3n) is 2.45. The lowest BCUT2D eigenvalue weighted by Crippen LogP contribution is -2.30. The van der Waals surface area contributed by atoms with Gasteiger partial charge >= 0.3 is 5.97 Å². The van der Waals surface area contributed by atoms with Gasteiger partial charge in [-0.25, -0.2) is 4.79 Å². The van der Waals surface area contributed by atoms with Crippen LogP contribution in [0.5, 0.6) is 5.75 Å². The second kappa shape index (κ2) is 7.14. The lowest BCUT2D eigenvalue weighted by molar-refractivity contribution is 0.0696. The van der Waals surface area contributed by atoms with Crippen molar-refractivity contribution in [2.75, 3.05) is 20.7 Å². The Labute approximate surface area is 108 Å². The molecule has 0 aliphatic carbocycles. The summed E-state index contributed by atoms with van der Waals surface area (Å²) in [6.07, 6.45) is 0. The number of halogens is 1. The molecule has 1 aromatic carbocycles. The number of nitrogens with zero attached hydrogens (tertiary/aromatic N) is 1. The molecule has 96 valence electrons. The fourth-order valence-electron chi connectivity index (χ4n) is 1.08. The van der Waals surface area contributed by atoms with E-state index in [0.717, 1.165) is 0 Å². The molecule has 0 heterocycles. The minimum atomic E-state index is -0.939. The molecule has 1 rings (SSSR count). The number of rotatable bonds is 5. The maximum Gasteiger partial charge on any atom is 0.335 e. The van der Waals surface area contributed by atoms with E-state index in [-0.39, 0.29) is 24.0 Å². The van der Waals surface area contributed by atoms with Gasteiger partial charge in [0.25, 0.3) is 0 Å². The molecule has 4 nitrogen and oxygen atoms in total. The Kier molecular flexibility index (Phi) is 6.61. The van der Waals surface area contributed by atoms with E-state index < -0.39 is 5.97 Å². The van der Waals surface area contributed by atoms with Crippen molar-refractivity contribution in [2.24, 2.45) is 0 Å². The van der Waals surface area contributed by atoms with Crippen LogP contribution in [0.4, 0.5) is 0 Å². The zero-order valence-corrected chi connectivity index (χ0v) is 11.0. The summed E-state index contributed by atoms with van der Waals surface area (Å²) in [5.41, 5.74) is 0.245. The monoisotopic (exact) mass is 259 g/mol. The van der Waals surface area contributed by atoms with Crippen molar-refractivity contribution in [3.8, 4) is 5.75 Å². The fourth-order valence-corrected chi connectivity index (χ4v) is 1.08. The summed E-state index contributed by atoms with van der Waals surface area (Å²) in [5, 5.41) is 8.81. The molecule has 1 atom stereocenters. The van der Waals surface area contributed by atoms with Gasteiger partial charge in [-0.3, -0.25) is 0 Å². The summed E-state index contributed by atoms with van der Waals surface area (Å²) in [7, 11) is 3.95. The lowest BCUT2D eigenvalue weighted by atomic mass is 10.2. The predicted octanol–water partition coefficient (Wildman–Crippen LogP) is 2.14. The van der Waals surface area contributed by atoms with E-state index in [1.54, 1.807) is 18.2 Å². The molecule has 1 N–H and O–H groups in total. The van der Waals surface area contributed by atoms with Gasteiger partial charge < -0.3 is 14.7 Å². The highest BCUT2D eigenvalue weighted by Gasteiger charge is 2.07. The van der Waals surface area contributed by atoms with E-state index in [0.29, 0.717) is 12.4 Å². The number of carboxylic acids is 1. The SMILES string of the molecule is CC(COc1cccc(C(=O)O)c1)N(C)C.Cl. The molecular weight excluding hydrogens is 242 g/mol. The Bertz CT molecular complexity index is 369. The topological polar surface area (TPSA) is 49.8 Å². The molecule has 0 aromatic heterocycles. The van der Waals surface area contributed by atoms with Crippen molar-refractivity contribution >= 4 is 18.4 Å². The van der Waals surface area contributed by atoms with Gasteiger partial charge in [0.1, 0.15) is 12.4 Å². The Balaban J connectivity index is 0.00000256. The van der Waals surface area contributed by atoms with E-state index in [1.165, 1.54) is 6.07 Å². The van der Waals surface area contributed by atoms with Gasteiger partial charge in [0.05, 0.1) is 5.56 Å². The van der Waals surface area contributed by atoms with Crippen LogP contribution in [-0.2, 0) is 0 Å². The Morgan fingerprint density at radius 3 is 2.65 bits per heavy atom. The number of aromatic carboxylic acids is 1. The number of likely N-dealkylation sites (N-methyl/N-ethyl adjacent to an activating group) is 1. The summed E-state index contributed by atoms with van der Waals surface area (Å²) < 4.78 is 5.51. The summed E-state index contributed by atoms with van der Waals surface area (Å²) in [6.45, 7) is 2.58. The standard InChI is InChI=1S/C12H17NO3.ClH/c1-9(13(2)3)8-16-11-6-4-5-10(7-11)12(14)15;/h4-7,9H,8H2,1-3H3,(H,14,15);1H. The first kappa shape index (κ1) is 15.7. The molecule has 0 spiro atoms. The van der Waals surface area contributed by atoms with Gasteiger partial charge in [0, 0.05) is 6.04 Å². The van der Waals surface area contributed by atoms with Crippen LogP contribution in [0.1, 0.15) is 17.3 Å². The second-order valence-corrected chi connectivity index (χ2v) is 3.96. The van der Waals surface area contributed by atoms with E-state index >= 15 is 0 Å². The van der Waals surface area contributed by atoms with Crippen LogP contribution in [-0.4, -0.2) is 42.7 Å². The largest absolute Gasteiger partial charge is 0.492 e. The molecule has 0 bridgehead atoms. The molecule has 17 heavy (non-hydrogen) atoms. The van der Waals surface area contributed by atoms with Gasteiger partial charge in [-0.15, -0.1) is 12.4 Å². The maximum absolute atomic E-state index is 10.7. The maximum atomic E-state index is 10.7. The van der Waals surface area contributed by atoms with Crippen molar-refractivity contribution < 1.29 is 14.6 Å². The van der Waals surface area contributed by atoms with Crippen molar-refractivity contribution in [2.45, 2.75) is 13.0 Å². The number of ether oxygens (including phenoxy) is 1. The summed E-state index contributed by atoms with van der Waals surface area (Å²) in [4.78, 5) is 12.8. The zero-order chi connectivity index (χ0) is 12.1. The number of carboxylic acid groups (broad SMARTS) is 1. The first-order valence-electron chi connectivity index (χ1n) is 5.13. The Hall–Kier alpha value is -1.26. The van der Waals surface area contributed by atoms with Crippen molar-refractivity contribution in [1.82, 2.24) is 4.90 Å². The van der Waals surface area contributed by atoms with Gasteiger partial charge in [-0.1, -0.05) is 6.07 Å². The molecule has 0 amide bonds. The Morgan fingerprint density at radius 1 is 1.47 bits per heavy atom. The number of carbonyl (C=O) groups is 1. The van der Waals surface area contributed by atoms with E-state index in [4.69, 9.17) is 9.84 Å². The van der Waals surface area contributed by atoms with Crippen molar-refractivity contribution in [3.63, 3.8) is 0 Å². The highest BCUT2D eigenvalue weighted by atomic mass is 35.5. The molecule has 0 saturated heterocycles.